The molecule has 0 saturated carbocycles. The molecule has 136 valence electrons. The fourth-order valence-corrected chi connectivity index (χ4v) is 2.75. The van der Waals surface area contributed by atoms with Gasteiger partial charge in [0, 0.05) is 57.1 Å². The first-order valence-electron chi connectivity index (χ1n) is 8.58. The lowest BCUT2D eigenvalue weighted by atomic mass is 9.82. The van der Waals surface area contributed by atoms with Crippen LogP contribution in [-0.2, 0) is 9.59 Å². The maximum Gasteiger partial charge on any atom is 0.490 e. The number of nitrogens with zero attached hydrogens (tertiary/aromatic N) is 3. The molecule has 0 atom stereocenters. The minimum Gasteiger partial charge on any atom is -0.423 e. The fourth-order valence-electron chi connectivity index (χ4n) is 2.75. The number of Topliss-reactive ketones (excluding diaryl/α,β-unsaturated/α-hetero) is 1. The Balaban J connectivity index is 1.77. The van der Waals surface area contributed by atoms with E-state index in [0.29, 0.717) is 51.0 Å². The highest BCUT2D eigenvalue weighted by molar-refractivity contribution is 6.58. The standard InChI is InChI=1S/C16H25BN4O4/c18-7-1-2-14(22)4-6-16(23)21-10-8-20(9-11-21)15-5-3-13(12-19-15)17(24)25/h3,5,12,24-25H,1-2,4,6-11,18H2. The molecule has 2 heterocycles. The zero-order valence-corrected chi connectivity index (χ0v) is 14.3. The topological polar surface area (TPSA) is 120 Å². The number of hydrogen-bond acceptors (Lipinski definition) is 7. The van der Waals surface area contributed by atoms with Gasteiger partial charge in [0.15, 0.2) is 0 Å². The van der Waals surface area contributed by atoms with Crippen molar-refractivity contribution in [1.82, 2.24) is 9.88 Å². The summed E-state index contributed by atoms with van der Waals surface area (Å²) < 4.78 is 0. The minimum absolute atomic E-state index is 0.00691. The highest BCUT2D eigenvalue weighted by Crippen LogP contribution is 2.13. The Hall–Kier alpha value is -1.97. The van der Waals surface area contributed by atoms with Crippen LogP contribution >= 0.6 is 0 Å². The van der Waals surface area contributed by atoms with Gasteiger partial charge in [-0.2, -0.15) is 0 Å². The molecule has 1 fully saturated rings. The van der Waals surface area contributed by atoms with E-state index in [4.69, 9.17) is 15.8 Å². The smallest absolute Gasteiger partial charge is 0.423 e. The largest absolute Gasteiger partial charge is 0.490 e. The van der Waals surface area contributed by atoms with Crippen LogP contribution in [0.1, 0.15) is 25.7 Å². The molecule has 1 aromatic heterocycles. The number of pyridine rings is 1. The molecule has 1 amide bonds. The molecule has 0 spiro atoms. The Morgan fingerprint density at radius 1 is 1.12 bits per heavy atom. The second-order valence-corrected chi connectivity index (χ2v) is 6.12. The third-order valence-corrected chi connectivity index (χ3v) is 4.30. The molecule has 0 radical (unpaired) electrons. The van der Waals surface area contributed by atoms with Crippen LogP contribution < -0.4 is 16.1 Å². The highest BCUT2D eigenvalue weighted by atomic mass is 16.4. The van der Waals surface area contributed by atoms with E-state index in [1.54, 1.807) is 17.0 Å². The van der Waals surface area contributed by atoms with Gasteiger partial charge in [-0.15, -0.1) is 0 Å². The van der Waals surface area contributed by atoms with Crippen molar-refractivity contribution in [3.8, 4) is 0 Å². The van der Waals surface area contributed by atoms with Crippen LogP contribution in [0.5, 0.6) is 0 Å². The fraction of sp³-hybridized carbons (Fsp3) is 0.562. The lowest BCUT2D eigenvalue weighted by molar-refractivity contribution is -0.133. The zero-order chi connectivity index (χ0) is 18.2. The summed E-state index contributed by atoms with van der Waals surface area (Å²) in [7, 11) is -1.52. The van der Waals surface area contributed by atoms with E-state index in [1.807, 2.05) is 4.90 Å². The van der Waals surface area contributed by atoms with Gasteiger partial charge in [-0.1, -0.05) is 6.07 Å². The summed E-state index contributed by atoms with van der Waals surface area (Å²) in [5.41, 5.74) is 5.72. The number of rotatable bonds is 8. The van der Waals surface area contributed by atoms with E-state index in [1.165, 1.54) is 6.20 Å². The first-order chi connectivity index (χ1) is 12.0. The first-order valence-corrected chi connectivity index (χ1v) is 8.58. The summed E-state index contributed by atoms with van der Waals surface area (Å²) in [4.78, 5) is 31.9. The number of amides is 1. The van der Waals surface area contributed by atoms with Gasteiger partial charge in [0.1, 0.15) is 11.6 Å². The average Bonchev–Trinajstić information content (AvgIpc) is 2.64. The monoisotopic (exact) mass is 348 g/mol. The van der Waals surface area contributed by atoms with Crippen LogP contribution in [-0.4, -0.2) is 71.5 Å². The predicted molar refractivity (Wildman–Crippen MR) is 95.4 cm³/mol. The van der Waals surface area contributed by atoms with Crippen molar-refractivity contribution >= 4 is 30.1 Å². The van der Waals surface area contributed by atoms with Crippen molar-refractivity contribution < 1.29 is 19.6 Å². The molecular formula is C16H25BN4O4. The van der Waals surface area contributed by atoms with Crippen LogP contribution in [0.2, 0.25) is 0 Å². The summed E-state index contributed by atoms with van der Waals surface area (Å²) in [6.07, 6.45) is 3.09. The summed E-state index contributed by atoms with van der Waals surface area (Å²) in [6.45, 7) is 2.97. The van der Waals surface area contributed by atoms with Crippen molar-refractivity contribution in [2.75, 3.05) is 37.6 Å². The van der Waals surface area contributed by atoms with Gasteiger partial charge >= 0.3 is 7.12 Å². The van der Waals surface area contributed by atoms with Crippen LogP contribution in [0.3, 0.4) is 0 Å². The molecule has 9 heteroatoms. The van der Waals surface area contributed by atoms with Gasteiger partial charge in [0.2, 0.25) is 5.91 Å². The Kier molecular flexibility index (Phi) is 7.36. The number of ketones is 1. The van der Waals surface area contributed by atoms with Crippen molar-refractivity contribution in [1.29, 1.82) is 0 Å². The number of carbonyl (C=O) groups is 2. The van der Waals surface area contributed by atoms with Crippen LogP contribution in [0.25, 0.3) is 0 Å². The Morgan fingerprint density at radius 3 is 2.40 bits per heavy atom. The molecule has 0 aliphatic carbocycles. The Morgan fingerprint density at radius 2 is 1.84 bits per heavy atom. The Labute approximate surface area is 147 Å². The number of hydrogen-bond donors (Lipinski definition) is 3. The van der Waals surface area contributed by atoms with Crippen molar-refractivity contribution in [3.63, 3.8) is 0 Å². The molecule has 1 aliphatic rings. The van der Waals surface area contributed by atoms with E-state index >= 15 is 0 Å². The lowest BCUT2D eigenvalue weighted by Gasteiger charge is -2.35. The maximum atomic E-state index is 12.2. The molecular weight excluding hydrogens is 323 g/mol. The average molecular weight is 348 g/mol. The molecule has 25 heavy (non-hydrogen) atoms. The van der Waals surface area contributed by atoms with Gasteiger partial charge in [-0.05, 0) is 19.0 Å². The second-order valence-electron chi connectivity index (χ2n) is 6.12. The third-order valence-electron chi connectivity index (χ3n) is 4.30. The summed E-state index contributed by atoms with van der Waals surface area (Å²) in [5, 5.41) is 18.2. The van der Waals surface area contributed by atoms with Crippen LogP contribution in [0.15, 0.2) is 18.3 Å². The molecule has 8 nitrogen and oxygen atoms in total. The lowest BCUT2D eigenvalue weighted by Crippen LogP contribution is -2.49. The van der Waals surface area contributed by atoms with Gasteiger partial charge in [-0.25, -0.2) is 4.98 Å². The van der Waals surface area contributed by atoms with E-state index in [9.17, 15) is 9.59 Å². The van der Waals surface area contributed by atoms with E-state index in [2.05, 4.69) is 4.98 Å². The number of aromatic nitrogens is 1. The minimum atomic E-state index is -1.52. The van der Waals surface area contributed by atoms with Crippen molar-refractivity contribution in [2.45, 2.75) is 25.7 Å². The van der Waals surface area contributed by atoms with E-state index < -0.39 is 7.12 Å². The molecule has 0 aromatic carbocycles. The molecule has 1 saturated heterocycles. The molecule has 2 rings (SSSR count). The number of nitrogens with two attached hydrogens (primary N) is 1. The normalized spacial score (nSPS) is 14.5. The molecule has 0 unspecified atom stereocenters. The number of carbonyl (C=O) groups excluding carboxylic acids is 2. The quantitative estimate of drug-likeness (QED) is 0.489. The number of anilines is 1. The van der Waals surface area contributed by atoms with Crippen molar-refractivity contribution in [3.05, 3.63) is 18.3 Å². The third kappa shape index (κ3) is 5.80. The Bertz CT molecular complexity index is 574. The molecule has 0 bridgehead atoms. The highest BCUT2D eigenvalue weighted by Gasteiger charge is 2.22. The van der Waals surface area contributed by atoms with Crippen LogP contribution in [0.4, 0.5) is 5.82 Å². The van der Waals surface area contributed by atoms with Gasteiger partial charge in [-0.3, -0.25) is 9.59 Å². The summed E-state index contributed by atoms with van der Waals surface area (Å²) in [5.74, 6) is 0.841. The number of piperazine rings is 1. The SMILES string of the molecule is NCCCC(=O)CCC(=O)N1CCN(c2ccc(B(O)O)cn2)CC1. The predicted octanol–water partition coefficient (Wildman–Crippen LogP) is -1.50. The summed E-state index contributed by atoms with van der Waals surface area (Å²) >= 11 is 0. The summed E-state index contributed by atoms with van der Waals surface area (Å²) in [6, 6.07) is 3.36. The van der Waals surface area contributed by atoms with Gasteiger partial charge in [0.05, 0.1) is 0 Å². The second kappa shape index (κ2) is 9.50. The van der Waals surface area contributed by atoms with E-state index in [-0.39, 0.29) is 24.5 Å². The van der Waals surface area contributed by atoms with Crippen LogP contribution in [0, 0.1) is 0 Å². The zero-order valence-electron chi connectivity index (χ0n) is 14.3. The molecule has 4 N–H and O–H groups in total. The molecule has 1 aliphatic heterocycles. The van der Waals surface area contributed by atoms with E-state index in [0.717, 1.165) is 5.82 Å². The van der Waals surface area contributed by atoms with Crippen molar-refractivity contribution in [2.24, 2.45) is 5.73 Å². The first kappa shape index (κ1) is 19.4. The van der Waals surface area contributed by atoms with Gasteiger partial charge in [0.25, 0.3) is 0 Å². The maximum absolute atomic E-state index is 12.2. The molecule has 1 aromatic rings. The van der Waals surface area contributed by atoms with Gasteiger partial charge < -0.3 is 25.6 Å².